The Balaban J connectivity index is 1.28. The first-order valence-electron chi connectivity index (χ1n) is 16.8. The summed E-state index contributed by atoms with van der Waals surface area (Å²) in [4.78, 5) is 33.5. The first kappa shape index (κ1) is 35.6. The van der Waals surface area contributed by atoms with Crippen molar-refractivity contribution in [1.82, 2.24) is 25.1 Å². The zero-order valence-corrected chi connectivity index (χ0v) is 28.3. The van der Waals surface area contributed by atoms with Crippen LogP contribution in [0.1, 0.15) is 55.5 Å². The molecule has 2 unspecified atom stereocenters. The fraction of sp³-hybridized carbons (Fsp3) is 0.417. The van der Waals surface area contributed by atoms with Crippen LogP contribution in [0.4, 0.5) is 24.9 Å². The number of carboxylic acid groups (broad SMARTS) is 1. The van der Waals surface area contributed by atoms with Gasteiger partial charge in [-0.3, -0.25) is 9.59 Å². The minimum absolute atomic E-state index is 0.173. The molecule has 2 aliphatic heterocycles. The van der Waals surface area contributed by atoms with Gasteiger partial charge in [-0.05, 0) is 79.8 Å². The maximum Gasteiger partial charge on any atom is 0.429 e. The lowest BCUT2D eigenvalue weighted by Gasteiger charge is -2.39. The number of carbonyl (C=O) groups excluding carboxylic acids is 1. The quantitative estimate of drug-likeness (QED) is 0.171. The number of ether oxygens (including phenoxy) is 2. The van der Waals surface area contributed by atoms with E-state index in [0.717, 1.165) is 5.56 Å². The van der Waals surface area contributed by atoms with Crippen LogP contribution in [0.15, 0.2) is 60.8 Å². The average Bonchev–Trinajstić information content (AvgIpc) is 3.72. The lowest BCUT2D eigenvalue weighted by molar-refractivity contribution is -0.198. The number of nitrogen functional groups attached to an aromatic ring is 1. The molecule has 2 atom stereocenters. The van der Waals surface area contributed by atoms with Crippen LogP contribution in [-0.2, 0) is 20.7 Å². The number of aliphatic carboxylic acids is 1. The van der Waals surface area contributed by atoms with Gasteiger partial charge < -0.3 is 30.5 Å². The van der Waals surface area contributed by atoms with Gasteiger partial charge in [0, 0.05) is 43.9 Å². The first-order chi connectivity index (χ1) is 24.3. The van der Waals surface area contributed by atoms with E-state index in [0.29, 0.717) is 74.6 Å². The van der Waals surface area contributed by atoms with E-state index in [4.69, 9.17) is 15.2 Å². The summed E-state index contributed by atoms with van der Waals surface area (Å²) in [7, 11) is 0. The van der Waals surface area contributed by atoms with Crippen LogP contribution in [0.3, 0.4) is 0 Å². The molecule has 51 heavy (non-hydrogen) atoms. The van der Waals surface area contributed by atoms with E-state index in [2.05, 4.69) is 20.4 Å². The van der Waals surface area contributed by atoms with Crippen LogP contribution in [0, 0.1) is 12.3 Å². The summed E-state index contributed by atoms with van der Waals surface area (Å²) in [6.07, 6.45) is -3.18. The number of nitrogens with one attached hydrogen (secondary N) is 1. The number of alkyl halides is 3. The van der Waals surface area contributed by atoms with Crippen molar-refractivity contribution in [3.05, 3.63) is 77.6 Å². The number of esters is 1. The molecule has 15 heteroatoms. The summed E-state index contributed by atoms with van der Waals surface area (Å²) in [5.41, 5.74) is 8.53. The van der Waals surface area contributed by atoms with E-state index in [1.807, 2.05) is 17.0 Å². The summed E-state index contributed by atoms with van der Waals surface area (Å²) in [5, 5.41) is 16.9. The Bertz CT molecular complexity index is 1870. The zero-order chi connectivity index (χ0) is 36.3. The van der Waals surface area contributed by atoms with Gasteiger partial charge in [0.15, 0.2) is 0 Å². The van der Waals surface area contributed by atoms with Gasteiger partial charge in [-0.2, -0.15) is 28.2 Å². The Morgan fingerprint density at radius 2 is 1.80 bits per heavy atom. The van der Waals surface area contributed by atoms with E-state index in [1.165, 1.54) is 16.8 Å². The Morgan fingerprint density at radius 3 is 2.43 bits per heavy atom. The lowest BCUT2D eigenvalue weighted by atomic mass is 9.76. The van der Waals surface area contributed by atoms with Crippen LogP contribution in [0.25, 0.3) is 16.8 Å². The van der Waals surface area contributed by atoms with Crippen molar-refractivity contribution in [2.24, 2.45) is 5.41 Å². The second-order valence-corrected chi connectivity index (χ2v) is 13.1. The molecule has 270 valence electrons. The molecule has 0 radical (unpaired) electrons. The molecular formula is C36H40F3N7O5. The van der Waals surface area contributed by atoms with Crippen molar-refractivity contribution < 1.29 is 37.3 Å². The Labute approximate surface area is 292 Å². The third-order valence-corrected chi connectivity index (χ3v) is 9.54. The number of aromatic nitrogens is 4. The standard InChI is InChI=1S/C36H40F3N7O5/c1-3-50-31(47)11-6-23-4-7-24(8-5-23)25-9-10-28(46-15-12-22(2)44-46)26(18-25)32(36(37,38)39)51-30-19-29(42-34(40)43-30)45-16-13-35(14-17-45)20-27(33(48)49)41-21-35/h4-5,7-10,12,15,18-19,27,32,41H,3,6,11,13-14,16-17,20-21H2,1-2H3,(H,48,49)(H2,40,42,43). The first-order valence-corrected chi connectivity index (χ1v) is 16.8. The SMILES string of the molecule is CCOC(=O)CCc1ccc(-c2ccc(-n3ccc(C)n3)c(C(Oc3cc(N4CCC5(CC4)CNC(C(=O)O)C5)nc(N)n3)C(F)(F)F)c2)cc1. The van der Waals surface area contributed by atoms with E-state index in [1.54, 1.807) is 50.4 Å². The lowest BCUT2D eigenvalue weighted by Crippen LogP contribution is -2.41. The van der Waals surface area contributed by atoms with Gasteiger partial charge >= 0.3 is 18.1 Å². The van der Waals surface area contributed by atoms with Gasteiger partial charge in [0.1, 0.15) is 11.9 Å². The number of piperidine rings is 1. The van der Waals surface area contributed by atoms with Gasteiger partial charge in [-0.15, -0.1) is 0 Å². The summed E-state index contributed by atoms with van der Waals surface area (Å²) in [6, 6.07) is 14.4. The number of aryl methyl sites for hydroxylation is 2. The maximum atomic E-state index is 15.1. The number of carbonyl (C=O) groups is 2. The number of benzene rings is 2. The maximum absolute atomic E-state index is 15.1. The highest BCUT2D eigenvalue weighted by Crippen LogP contribution is 2.43. The molecule has 2 aromatic heterocycles. The topological polar surface area (TPSA) is 158 Å². The van der Waals surface area contributed by atoms with Gasteiger partial charge in [-0.25, -0.2) is 4.68 Å². The molecule has 2 fully saturated rings. The number of hydrogen-bond donors (Lipinski definition) is 3. The number of nitrogens with zero attached hydrogens (tertiary/aromatic N) is 5. The van der Waals surface area contributed by atoms with Crippen molar-refractivity contribution >= 4 is 23.7 Å². The molecule has 2 aliphatic rings. The number of carboxylic acids is 1. The van der Waals surface area contributed by atoms with Crippen LogP contribution >= 0.6 is 0 Å². The molecule has 4 N–H and O–H groups in total. The highest BCUT2D eigenvalue weighted by molar-refractivity contribution is 5.74. The molecule has 0 saturated carbocycles. The number of nitrogens with two attached hydrogens (primary N) is 1. The molecule has 0 bridgehead atoms. The molecule has 12 nitrogen and oxygen atoms in total. The zero-order valence-electron chi connectivity index (χ0n) is 28.3. The molecule has 1 spiro atoms. The second kappa shape index (κ2) is 14.6. The van der Waals surface area contributed by atoms with Gasteiger partial charge in [0.2, 0.25) is 17.9 Å². The normalized spacial score (nSPS) is 17.7. The van der Waals surface area contributed by atoms with Crippen molar-refractivity contribution in [1.29, 1.82) is 0 Å². The summed E-state index contributed by atoms with van der Waals surface area (Å²) in [5.74, 6) is -1.43. The van der Waals surface area contributed by atoms with Crippen LogP contribution in [0.5, 0.6) is 5.88 Å². The van der Waals surface area contributed by atoms with Crippen molar-refractivity contribution in [2.75, 3.05) is 36.9 Å². The van der Waals surface area contributed by atoms with Crippen molar-refractivity contribution in [3.63, 3.8) is 0 Å². The van der Waals surface area contributed by atoms with Crippen LogP contribution < -0.4 is 20.7 Å². The Kier molecular flexibility index (Phi) is 10.2. The molecule has 0 amide bonds. The summed E-state index contributed by atoms with van der Waals surface area (Å²) in [6.45, 7) is 5.40. The molecule has 4 heterocycles. The minimum Gasteiger partial charge on any atom is -0.480 e. The molecular weight excluding hydrogens is 667 g/mol. The smallest absolute Gasteiger partial charge is 0.429 e. The predicted octanol–water partition coefficient (Wildman–Crippen LogP) is 5.43. The molecule has 0 aliphatic carbocycles. The third-order valence-electron chi connectivity index (χ3n) is 9.54. The van der Waals surface area contributed by atoms with Crippen LogP contribution in [-0.4, -0.2) is 75.3 Å². The molecule has 6 rings (SSSR count). The number of rotatable bonds is 11. The average molecular weight is 708 g/mol. The van der Waals surface area contributed by atoms with E-state index >= 15 is 13.2 Å². The fourth-order valence-corrected chi connectivity index (χ4v) is 6.81. The largest absolute Gasteiger partial charge is 0.480 e. The van der Waals surface area contributed by atoms with E-state index in [-0.39, 0.29) is 40.9 Å². The monoisotopic (exact) mass is 707 g/mol. The molecule has 2 saturated heterocycles. The fourth-order valence-electron chi connectivity index (χ4n) is 6.81. The number of halogens is 3. The Morgan fingerprint density at radius 1 is 1.08 bits per heavy atom. The summed E-state index contributed by atoms with van der Waals surface area (Å²) >= 11 is 0. The van der Waals surface area contributed by atoms with E-state index < -0.39 is 24.3 Å². The number of hydrogen-bond acceptors (Lipinski definition) is 10. The Hall–Kier alpha value is -5.18. The minimum atomic E-state index is -4.87. The van der Waals surface area contributed by atoms with Gasteiger partial charge in [0.25, 0.3) is 0 Å². The molecule has 2 aromatic carbocycles. The predicted molar refractivity (Wildman–Crippen MR) is 182 cm³/mol. The highest BCUT2D eigenvalue weighted by atomic mass is 19.4. The summed E-state index contributed by atoms with van der Waals surface area (Å²) < 4.78 is 57.3. The van der Waals surface area contributed by atoms with Gasteiger partial charge in [0.05, 0.1) is 18.0 Å². The van der Waals surface area contributed by atoms with E-state index in [9.17, 15) is 14.7 Å². The second-order valence-electron chi connectivity index (χ2n) is 13.1. The van der Waals surface area contributed by atoms with Crippen LogP contribution in [0.2, 0.25) is 0 Å². The van der Waals surface area contributed by atoms with Crippen molar-refractivity contribution in [2.45, 2.75) is 64.3 Å². The number of anilines is 2. The highest BCUT2D eigenvalue weighted by Gasteiger charge is 2.46. The van der Waals surface area contributed by atoms with Crippen molar-refractivity contribution in [3.8, 4) is 22.7 Å². The van der Waals surface area contributed by atoms with Gasteiger partial charge in [-0.1, -0.05) is 30.3 Å². The third kappa shape index (κ3) is 8.25. The molecule has 4 aromatic rings.